The first kappa shape index (κ1) is 15.8. The van der Waals surface area contributed by atoms with Gasteiger partial charge in [0.15, 0.2) is 0 Å². The highest BCUT2D eigenvalue weighted by atomic mass is 16.6. The molecule has 1 unspecified atom stereocenters. The molecule has 2 amide bonds. The van der Waals surface area contributed by atoms with Crippen molar-refractivity contribution >= 4 is 17.7 Å². The molecule has 0 radical (unpaired) electrons. The van der Waals surface area contributed by atoms with Crippen LogP contribution in [-0.2, 0) is 16.0 Å². The highest BCUT2D eigenvalue weighted by molar-refractivity contribution is 5.77. The molecule has 6 N–H and O–H groups in total. The molecule has 0 bridgehead atoms. The molecule has 1 aromatic rings. The number of benzene rings is 1. The first-order chi connectivity index (χ1) is 9.19. The summed E-state index contributed by atoms with van der Waals surface area (Å²) in [5.74, 6) is -0.893. The molecule has 0 aliphatic rings. The molecule has 6 heteroatoms. The molecule has 20 heavy (non-hydrogen) atoms. The van der Waals surface area contributed by atoms with Gasteiger partial charge in [-0.1, -0.05) is 12.1 Å². The van der Waals surface area contributed by atoms with Gasteiger partial charge in [0, 0.05) is 11.6 Å². The van der Waals surface area contributed by atoms with Crippen LogP contribution in [0.4, 0.5) is 10.5 Å². The fraction of sp³-hybridized carbons (Fsp3) is 0.429. The number of nitrogens with two attached hydrogens (primary N) is 3. The van der Waals surface area contributed by atoms with Crippen LogP contribution in [0.15, 0.2) is 24.3 Å². The van der Waals surface area contributed by atoms with Crippen molar-refractivity contribution in [2.75, 3.05) is 5.73 Å². The lowest BCUT2D eigenvalue weighted by Gasteiger charge is -2.27. The van der Waals surface area contributed by atoms with Gasteiger partial charge in [0.1, 0.15) is 5.60 Å². The van der Waals surface area contributed by atoms with E-state index in [1.165, 1.54) is 0 Å². The van der Waals surface area contributed by atoms with Gasteiger partial charge in [-0.2, -0.15) is 0 Å². The summed E-state index contributed by atoms with van der Waals surface area (Å²) >= 11 is 0. The van der Waals surface area contributed by atoms with Crippen molar-refractivity contribution in [2.45, 2.75) is 32.3 Å². The Kier molecular flexibility index (Phi) is 4.96. The Morgan fingerprint density at radius 1 is 1.20 bits per heavy atom. The zero-order valence-corrected chi connectivity index (χ0v) is 11.8. The molecule has 1 rings (SSSR count). The van der Waals surface area contributed by atoms with Gasteiger partial charge in [0.05, 0.1) is 0 Å². The summed E-state index contributed by atoms with van der Waals surface area (Å²) in [7, 11) is 0. The molecule has 0 fully saturated rings. The fourth-order valence-electron chi connectivity index (χ4n) is 2.12. The van der Waals surface area contributed by atoms with Crippen molar-refractivity contribution in [3.05, 3.63) is 29.8 Å². The topological polar surface area (TPSA) is 121 Å². The quantitative estimate of drug-likeness (QED) is 0.677. The van der Waals surface area contributed by atoms with Crippen LogP contribution in [0.2, 0.25) is 0 Å². The van der Waals surface area contributed by atoms with Crippen LogP contribution in [-0.4, -0.2) is 17.6 Å². The van der Waals surface area contributed by atoms with E-state index in [1.54, 1.807) is 26.0 Å². The number of carbonyl (C=O) groups excluding carboxylic acids is 2. The number of hydrogen-bond donors (Lipinski definition) is 3. The molecule has 0 spiro atoms. The standard InChI is InChI=1S/C14H21N3O3/c1-14(2,20-13(17)19)8-10(12(16)18)7-9-3-5-11(15)6-4-9/h3-6,10H,7-8,15H2,1-2H3,(H2,16,18)(H2,17,19). The third-order valence-corrected chi connectivity index (χ3v) is 2.98. The summed E-state index contributed by atoms with van der Waals surface area (Å²) in [6.07, 6.45) is -0.109. The monoisotopic (exact) mass is 279 g/mol. The Bertz CT molecular complexity index is 483. The number of amides is 2. The van der Waals surface area contributed by atoms with Crippen LogP contribution < -0.4 is 17.2 Å². The van der Waals surface area contributed by atoms with Crippen molar-refractivity contribution in [2.24, 2.45) is 17.4 Å². The van der Waals surface area contributed by atoms with E-state index in [1.807, 2.05) is 12.1 Å². The number of primary amides is 2. The van der Waals surface area contributed by atoms with E-state index in [0.717, 1.165) is 5.56 Å². The van der Waals surface area contributed by atoms with Gasteiger partial charge in [-0.25, -0.2) is 4.79 Å². The van der Waals surface area contributed by atoms with Gasteiger partial charge in [0.2, 0.25) is 5.91 Å². The zero-order valence-electron chi connectivity index (χ0n) is 11.8. The number of carbonyl (C=O) groups is 2. The maximum atomic E-state index is 11.6. The van der Waals surface area contributed by atoms with Gasteiger partial charge in [0.25, 0.3) is 0 Å². The van der Waals surface area contributed by atoms with E-state index in [4.69, 9.17) is 21.9 Å². The Labute approximate surface area is 118 Å². The molecule has 0 saturated carbocycles. The molecule has 6 nitrogen and oxygen atoms in total. The Morgan fingerprint density at radius 3 is 2.20 bits per heavy atom. The lowest BCUT2D eigenvalue weighted by molar-refractivity contribution is -0.123. The number of ether oxygens (including phenoxy) is 1. The fourth-order valence-corrected chi connectivity index (χ4v) is 2.12. The third kappa shape index (κ3) is 5.17. The lowest BCUT2D eigenvalue weighted by Crippen LogP contribution is -2.37. The van der Waals surface area contributed by atoms with Crippen LogP contribution in [0, 0.1) is 5.92 Å². The van der Waals surface area contributed by atoms with Gasteiger partial charge >= 0.3 is 6.09 Å². The lowest BCUT2D eigenvalue weighted by atomic mass is 9.88. The molecular formula is C14H21N3O3. The number of hydrogen-bond acceptors (Lipinski definition) is 4. The molecule has 0 aliphatic heterocycles. The van der Waals surface area contributed by atoms with Gasteiger partial charge < -0.3 is 21.9 Å². The van der Waals surface area contributed by atoms with Crippen molar-refractivity contribution in [3.8, 4) is 0 Å². The number of nitrogen functional groups attached to an aromatic ring is 1. The summed E-state index contributed by atoms with van der Waals surface area (Å²) in [5, 5.41) is 0. The summed E-state index contributed by atoms with van der Waals surface area (Å²) in [6, 6.07) is 7.21. The first-order valence-electron chi connectivity index (χ1n) is 6.32. The second-order valence-electron chi connectivity index (χ2n) is 5.43. The minimum Gasteiger partial charge on any atom is -0.444 e. The second kappa shape index (κ2) is 6.27. The Balaban J connectivity index is 2.77. The molecule has 0 aliphatic carbocycles. The largest absolute Gasteiger partial charge is 0.444 e. The minimum atomic E-state index is -0.870. The predicted molar refractivity (Wildman–Crippen MR) is 76.6 cm³/mol. The first-order valence-corrected chi connectivity index (χ1v) is 6.32. The molecule has 110 valence electrons. The summed E-state index contributed by atoms with van der Waals surface area (Å²) < 4.78 is 4.99. The summed E-state index contributed by atoms with van der Waals surface area (Å²) in [6.45, 7) is 3.38. The SMILES string of the molecule is CC(C)(CC(Cc1ccc(N)cc1)C(N)=O)OC(N)=O. The van der Waals surface area contributed by atoms with Crippen LogP contribution in [0.5, 0.6) is 0 Å². The molecule has 1 atom stereocenters. The number of rotatable bonds is 6. The highest BCUT2D eigenvalue weighted by Crippen LogP contribution is 2.24. The second-order valence-corrected chi connectivity index (χ2v) is 5.43. The van der Waals surface area contributed by atoms with Crippen LogP contribution in [0.3, 0.4) is 0 Å². The Hall–Kier alpha value is -2.24. The molecule has 0 aromatic heterocycles. The van der Waals surface area contributed by atoms with Gasteiger partial charge in [-0.15, -0.1) is 0 Å². The summed E-state index contributed by atoms with van der Waals surface area (Å²) in [5.41, 5.74) is 16.8. The van der Waals surface area contributed by atoms with E-state index >= 15 is 0 Å². The maximum Gasteiger partial charge on any atom is 0.405 e. The van der Waals surface area contributed by atoms with E-state index in [0.29, 0.717) is 18.5 Å². The molecular weight excluding hydrogens is 258 g/mol. The molecule has 1 aromatic carbocycles. The van der Waals surface area contributed by atoms with Gasteiger partial charge in [-0.05, 0) is 44.4 Å². The average molecular weight is 279 g/mol. The Morgan fingerprint density at radius 2 is 1.75 bits per heavy atom. The van der Waals surface area contributed by atoms with Crippen LogP contribution >= 0.6 is 0 Å². The predicted octanol–water partition coefficient (Wildman–Crippen LogP) is 1.18. The van der Waals surface area contributed by atoms with Crippen molar-refractivity contribution < 1.29 is 14.3 Å². The molecule has 0 saturated heterocycles. The van der Waals surface area contributed by atoms with E-state index in [2.05, 4.69) is 0 Å². The average Bonchev–Trinajstić information content (AvgIpc) is 2.29. The van der Waals surface area contributed by atoms with E-state index < -0.39 is 23.5 Å². The van der Waals surface area contributed by atoms with Crippen LogP contribution in [0.25, 0.3) is 0 Å². The normalized spacial score (nSPS) is 12.7. The smallest absolute Gasteiger partial charge is 0.405 e. The van der Waals surface area contributed by atoms with Crippen molar-refractivity contribution in [3.63, 3.8) is 0 Å². The highest BCUT2D eigenvalue weighted by Gasteiger charge is 2.29. The maximum absolute atomic E-state index is 11.6. The molecule has 0 heterocycles. The third-order valence-electron chi connectivity index (χ3n) is 2.98. The van der Waals surface area contributed by atoms with Crippen LogP contribution in [0.1, 0.15) is 25.8 Å². The number of anilines is 1. The summed E-state index contributed by atoms with van der Waals surface area (Å²) in [4.78, 5) is 22.4. The minimum absolute atomic E-state index is 0.301. The van der Waals surface area contributed by atoms with E-state index in [-0.39, 0.29) is 0 Å². The van der Waals surface area contributed by atoms with E-state index in [9.17, 15) is 9.59 Å². The zero-order chi connectivity index (χ0) is 15.3. The van der Waals surface area contributed by atoms with Crippen molar-refractivity contribution in [1.29, 1.82) is 0 Å². The van der Waals surface area contributed by atoms with Gasteiger partial charge in [-0.3, -0.25) is 4.79 Å². The van der Waals surface area contributed by atoms with Crippen molar-refractivity contribution in [1.82, 2.24) is 0 Å².